The van der Waals surface area contributed by atoms with Gasteiger partial charge in [-0.3, -0.25) is 9.69 Å². The summed E-state index contributed by atoms with van der Waals surface area (Å²) in [7, 11) is 1.51. The van der Waals surface area contributed by atoms with E-state index in [0.717, 1.165) is 19.6 Å². The summed E-state index contributed by atoms with van der Waals surface area (Å²) in [6, 6.07) is 3.49. The fraction of sp³-hybridized carbons (Fsp3) is 0.600. The van der Waals surface area contributed by atoms with E-state index in [1.807, 2.05) is 13.0 Å². The average Bonchev–Trinajstić information content (AvgIpc) is 3.24. The Morgan fingerprint density at radius 1 is 1.05 bits per heavy atom. The largest absolute Gasteiger partial charge is 0.492 e. The maximum absolute atomic E-state index is 13.5. The molecule has 10 heteroatoms. The number of carbonyl (C=O) groups excluding carboxylic acids is 2. The summed E-state index contributed by atoms with van der Waals surface area (Å²) < 4.78 is 40.3. The third kappa shape index (κ3) is 7.92. The van der Waals surface area contributed by atoms with Gasteiger partial charge in [-0.25, -0.2) is 4.79 Å². The molecule has 0 bridgehead atoms. The van der Waals surface area contributed by atoms with Crippen molar-refractivity contribution in [1.82, 2.24) is 4.90 Å². The lowest BCUT2D eigenvalue weighted by Gasteiger charge is -2.26. The molecule has 220 valence electrons. The van der Waals surface area contributed by atoms with Gasteiger partial charge in [-0.2, -0.15) is 0 Å². The van der Waals surface area contributed by atoms with E-state index in [9.17, 15) is 9.59 Å². The summed E-state index contributed by atoms with van der Waals surface area (Å²) in [5, 5.41) is 0. The monoisotopic (exact) mass is 559 g/mol. The summed E-state index contributed by atoms with van der Waals surface area (Å²) in [5.74, 6) is -0.990. The molecule has 0 radical (unpaired) electrons. The molecule has 1 unspecified atom stereocenters. The van der Waals surface area contributed by atoms with Crippen LogP contribution in [0.2, 0.25) is 0 Å². The second kappa shape index (κ2) is 13.7. The molecule has 0 amide bonds. The predicted molar refractivity (Wildman–Crippen MR) is 147 cm³/mol. The number of cyclic esters (lactones) is 1. The van der Waals surface area contributed by atoms with E-state index in [1.54, 1.807) is 45.1 Å². The first kappa shape index (κ1) is 30.2. The van der Waals surface area contributed by atoms with Crippen molar-refractivity contribution in [1.29, 1.82) is 0 Å². The smallest absolute Gasteiger partial charge is 0.342 e. The van der Waals surface area contributed by atoms with Gasteiger partial charge in [-0.05, 0) is 44.9 Å². The molecule has 4 rings (SSSR count). The molecule has 2 fully saturated rings. The maximum Gasteiger partial charge on any atom is 0.342 e. The SMILES string of the molecule is COCOc1cc(OCCN2CCOCC2)cc2c1C(=O)O[C@@H](C)[C@H](C)/C=C\C(=O)C1OC(C)(C)O[C@H]1C/C=C/2. The Kier molecular flexibility index (Phi) is 10.4. The third-order valence-electron chi connectivity index (χ3n) is 7.15. The van der Waals surface area contributed by atoms with Crippen LogP contribution in [0.3, 0.4) is 0 Å². The Bertz CT molecular complexity index is 1090. The topological polar surface area (TPSA) is 102 Å². The normalized spacial score (nSPS) is 29.0. The first-order valence-electron chi connectivity index (χ1n) is 13.8. The highest BCUT2D eigenvalue weighted by molar-refractivity contribution is 5.97. The van der Waals surface area contributed by atoms with Gasteiger partial charge in [0.1, 0.15) is 35.9 Å². The molecule has 3 aliphatic rings. The standard InChI is InChI=1S/C30H41NO9/c1-20-9-10-24(32)28-25(39-30(3,4)40-28)8-6-7-22-17-23(36-16-13-31-11-14-35-15-12-31)18-26(37-19-34-5)27(22)29(33)38-21(20)2/h6-7,9-10,17-18,20-21,25,28H,8,11-16,19H2,1-5H3/b7-6+,10-9-/t20-,21+,25+,28?/m1/s1. The molecule has 1 aromatic rings. The zero-order valence-corrected chi connectivity index (χ0v) is 24.1. The number of ether oxygens (including phenoxy) is 7. The van der Waals surface area contributed by atoms with Crippen molar-refractivity contribution in [2.75, 3.05) is 53.4 Å². The summed E-state index contributed by atoms with van der Waals surface area (Å²) in [5.41, 5.74) is 0.832. The fourth-order valence-electron chi connectivity index (χ4n) is 4.81. The Labute approximate surface area is 236 Å². The lowest BCUT2D eigenvalue weighted by Crippen LogP contribution is -2.38. The van der Waals surface area contributed by atoms with Gasteiger partial charge in [-0.15, -0.1) is 0 Å². The zero-order chi connectivity index (χ0) is 28.7. The van der Waals surface area contributed by atoms with E-state index in [1.165, 1.54) is 13.2 Å². The van der Waals surface area contributed by atoms with Crippen LogP contribution in [-0.2, 0) is 28.5 Å². The number of rotatable bonds is 7. The Morgan fingerprint density at radius 3 is 2.58 bits per heavy atom. The minimum absolute atomic E-state index is 0.0541. The number of ketones is 1. The quantitative estimate of drug-likeness (QED) is 0.364. The van der Waals surface area contributed by atoms with E-state index in [2.05, 4.69) is 4.90 Å². The van der Waals surface area contributed by atoms with Gasteiger partial charge in [0, 0.05) is 38.7 Å². The molecular weight excluding hydrogens is 518 g/mol. The summed E-state index contributed by atoms with van der Waals surface area (Å²) >= 11 is 0. The second-order valence-electron chi connectivity index (χ2n) is 10.7. The van der Waals surface area contributed by atoms with Gasteiger partial charge in [0.05, 0.1) is 19.3 Å². The second-order valence-corrected chi connectivity index (χ2v) is 10.7. The molecule has 0 N–H and O–H groups in total. The lowest BCUT2D eigenvalue weighted by atomic mass is 9.99. The highest BCUT2D eigenvalue weighted by Crippen LogP contribution is 2.34. The molecule has 3 aliphatic heterocycles. The van der Waals surface area contributed by atoms with E-state index in [4.69, 9.17) is 33.2 Å². The van der Waals surface area contributed by atoms with Crippen LogP contribution in [0, 0.1) is 5.92 Å². The van der Waals surface area contributed by atoms with Crippen LogP contribution in [0.25, 0.3) is 6.08 Å². The number of nitrogens with zero attached hydrogens (tertiary/aromatic N) is 1. The van der Waals surface area contributed by atoms with Gasteiger partial charge in [0.2, 0.25) is 0 Å². The Hall–Kier alpha value is -2.76. The van der Waals surface area contributed by atoms with Crippen LogP contribution in [0.5, 0.6) is 11.5 Å². The van der Waals surface area contributed by atoms with Crippen LogP contribution in [0.15, 0.2) is 30.4 Å². The van der Waals surface area contributed by atoms with Crippen molar-refractivity contribution in [2.24, 2.45) is 5.92 Å². The van der Waals surface area contributed by atoms with Gasteiger partial charge >= 0.3 is 5.97 Å². The zero-order valence-electron chi connectivity index (χ0n) is 24.1. The number of benzene rings is 1. The fourth-order valence-corrected chi connectivity index (χ4v) is 4.81. The highest BCUT2D eigenvalue weighted by Gasteiger charge is 2.43. The molecule has 1 aromatic carbocycles. The third-order valence-corrected chi connectivity index (χ3v) is 7.15. The minimum atomic E-state index is -0.890. The van der Waals surface area contributed by atoms with Crippen molar-refractivity contribution in [3.63, 3.8) is 0 Å². The summed E-state index contributed by atoms with van der Waals surface area (Å²) in [6.45, 7) is 11.6. The number of hydrogen-bond donors (Lipinski definition) is 0. The number of carbonyl (C=O) groups is 2. The van der Waals surface area contributed by atoms with E-state index in [-0.39, 0.29) is 24.1 Å². The van der Waals surface area contributed by atoms with Gasteiger partial charge < -0.3 is 33.2 Å². The van der Waals surface area contributed by atoms with Crippen molar-refractivity contribution in [3.05, 3.63) is 41.5 Å². The summed E-state index contributed by atoms with van der Waals surface area (Å²) in [6.07, 6.45) is 5.56. The minimum Gasteiger partial charge on any atom is -0.492 e. The molecule has 0 aromatic heterocycles. The Morgan fingerprint density at radius 2 is 1.82 bits per heavy atom. The molecule has 4 atom stereocenters. The molecule has 10 nitrogen and oxygen atoms in total. The molecule has 40 heavy (non-hydrogen) atoms. The van der Waals surface area contributed by atoms with Crippen LogP contribution < -0.4 is 9.47 Å². The maximum atomic E-state index is 13.5. The number of methoxy groups -OCH3 is 1. The average molecular weight is 560 g/mol. The van der Waals surface area contributed by atoms with Gasteiger partial charge in [0.15, 0.2) is 18.4 Å². The van der Waals surface area contributed by atoms with Crippen LogP contribution in [0.1, 0.15) is 50.0 Å². The molecule has 2 saturated heterocycles. The molecular formula is C30H41NO9. The first-order chi connectivity index (χ1) is 19.2. The van der Waals surface area contributed by atoms with Crippen LogP contribution >= 0.6 is 0 Å². The molecule has 3 heterocycles. The number of morpholine rings is 1. The predicted octanol–water partition coefficient (Wildman–Crippen LogP) is 3.62. The summed E-state index contributed by atoms with van der Waals surface area (Å²) in [4.78, 5) is 28.8. The van der Waals surface area contributed by atoms with Crippen molar-refractivity contribution < 1.29 is 42.7 Å². The van der Waals surface area contributed by atoms with Crippen molar-refractivity contribution in [3.8, 4) is 11.5 Å². The first-order valence-corrected chi connectivity index (χ1v) is 13.8. The van der Waals surface area contributed by atoms with Gasteiger partial charge in [0.25, 0.3) is 0 Å². The number of fused-ring (bicyclic) bond motifs is 2. The van der Waals surface area contributed by atoms with Gasteiger partial charge in [-0.1, -0.05) is 25.2 Å². The number of esters is 1. The Balaban J connectivity index is 1.66. The van der Waals surface area contributed by atoms with E-state index < -0.39 is 30.1 Å². The van der Waals surface area contributed by atoms with Crippen LogP contribution in [-0.4, -0.2) is 94.1 Å². The van der Waals surface area contributed by atoms with Crippen LogP contribution in [0.4, 0.5) is 0 Å². The molecule has 0 spiro atoms. The van der Waals surface area contributed by atoms with E-state index in [0.29, 0.717) is 43.3 Å². The van der Waals surface area contributed by atoms with Crippen molar-refractivity contribution >= 4 is 17.8 Å². The van der Waals surface area contributed by atoms with E-state index >= 15 is 0 Å². The lowest BCUT2D eigenvalue weighted by molar-refractivity contribution is -0.152. The molecule has 0 saturated carbocycles. The van der Waals surface area contributed by atoms with Crippen molar-refractivity contribution in [2.45, 2.75) is 58.2 Å². The molecule has 0 aliphatic carbocycles. The number of hydrogen-bond acceptors (Lipinski definition) is 10. The highest BCUT2D eigenvalue weighted by atomic mass is 16.8.